The van der Waals surface area contributed by atoms with Gasteiger partial charge in [-0.15, -0.1) is 0 Å². The normalized spacial score (nSPS) is 16.7. The molecule has 5 nitrogen and oxygen atoms in total. The Labute approximate surface area is 240 Å². The smallest absolute Gasteiger partial charge is 0.226 e. The molecule has 2 aliphatic heterocycles. The molecule has 208 valence electrons. The molecule has 0 bridgehead atoms. The molecule has 1 atom stereocenters. The standard InChI is InChI=1S/C32H26ClF3N4O/c1-19-4-10-28-30(13-19)38-17-24-3-2-12-39(24)40(32(38)37-28)29-11-7-20(14-27(29)36)21-6-9-25(34)31(15-21)41-18-22-5-8-23(33)16-26(22)35/h4-11,13-16,24H,2-3,12,17-18H2,1H3. The second kappa shape index (κ2) is 10.1. The molecule has 1 fully saturated rings. The second-order valence-electron chi connectivity index (χ2n) is 10.6. The van der Waals surface area contributed by atoms with Crippen LogP contribution in [0.1, 0.15) is 24.0 Å². The van der Waals surface area contributed by atoms with Gasteiger partial charge in [0.25, 0.3) is 0 Å². The number of rotatable bonds is 5. The van der Waals surface area contributed by atoms with Gasteiger partial charge >= 0.3 is 0 Å². The fraction of sp³-hybridized carbons (Fsp3) is 0.219. The van der Waals surface area contributed by atoms with E-state index in [1.165, 1.54) is 30.3 Å². The Morgan fingerprint density at radius 3 is 2.56 bits per heavy atom. The number of nitrogens with zero attached hydrogens (tertiary/aromatic N) is 4. The molecule has 41 heavy (non-hydrogen) atoms. The molecule has 9 heteroatoms. The summed E-state index contributed by atoms with van der Waals surface area (Å²) >= 11 is 5.82. The van der Waals surface area contributed by atoms with Crippen LogP contribution >= 0.6 is 11.6 Å². The number of imidazole rings is 1. The maximum absolute atomic E-state index is 16.0. The number of benzene rings is 4. The molecule has 1 saturated heterocycles. The van der Waals surface area contributed by atoms with Crippen LogP contribution in [0.15, 0.2) is 72.8 Å². The first-order chi connectivity index (χ1) is 19.9. The van der Waals surface area contributed by atoms with Crippen LogP contribution in [0.4, 0.5) is 24.8 Å². The lowest BCUT2D eigenvalue weighted by atomic mass is 10.0. The summed E-state index contributed by atoms with van der Waals surface area (Å²) in [6, 6.07) is 20.0. The van der Waals surface area contributed by atoms with Crippen molar-refractivity contribution in [3.8, 4) is 16.9 Å². The van der Waals surface area contributed by atoms with E-state index in [1.54, 1.807) is 18.2 Å². The van der Waals surface area contributed by atoms with Gasteiger partial charge in [0.15, 0.2) is 11.6 Å². The molecule has 2 aliphatic rings. The molecule has 0 spiro atoms. The Morgan fingerprint density at radius 2 is 1.73 bits per heavy atom. The average Bonchev–Trinajstić information content (AvgIpc) is 3.57. The van der Waals surface area contributed by atoms with Crippen molar-refractivity contribution in [3.63, 3.8) is 0 Å². The predicted octanol–water partition coefficient (Wildman–Crippen LogP) is 8.19. The van der Waals surface area contributed by atoms with E-state index < -0.39 is 17.5 Å². The van der Waals surface area contributed by atoms with Crippen LogP contribution < -0.4 is 9.75 Å². The largest absolute Gasteiger partial charge is 0.486 e. The van der Waals surface area contributed by atoms with E-state index in [4.69, 9.17) is 21.3 Å². The summed E-state index contributed by atoms with van der Waals surface area (Å²) in [5, 5.41) is 4.39. The third kappa shape index (κ3) is 4.61. The van der Waals surface area contributed by atoms with E-state index in [0.29, 0.717) is 22.8 Å². The third-order valence-electron chi connectivity index (χ3n) is 7.91. The molecule has 1 unspecified atom stereocenters. The summed E-state index contributed by atoms with van der Waals surface area (Å²) in [6.07, 6.45) is 2.06. The summed E-state index contributed by atoms with van der Waals surface area (Å²) in [5.41, 5.74) is 4.87. The minimum absolute atomic E-state index is 0.0544. The highest BCUT2D eigenvalue weighted by molar-refractivity contribution is 6.30. The van der Waals surface area contributed by atoms with E-state index in [0.717, 1.165) is 42.5 Å². The number of fused-ring (bicyclic) bond motifs is 4. The Kier molecular flexibility index (Phi) is 6.40. The first-order valence-electron chi connectivity index (χ1n) is 13.6. The Balaban J connectivity index is 1.22. The molecule has 0 radical (unpaired) electrons. The number of aryl methyl sites for hydroxylation is 1. The Hall–Kier alpha value is -4.01. The number of ether oxygens (including phenoxy) is 1. The maximum atomic E-state index is 16.0. The quantitative estimate of drug-likeness (QED) is 0.212. The number of hydrazine groups is 1. The van der Waals surface area contributed by atoms with Gasteiger partial charge in [0, 0.05) is 29.7 Å². The van der Waals surface area contributed by atoms with Gasteiger partial charge in [-0.05, 0) is 85.0 Å². The van der Waals surface area contributed by atoms with Gasteiger partial charge in [-0.1, -0.05) is 35.9 Å². The molecule has 3 heterocycles. The summed E-state index contributed by atoms with van der Waals surface area (Å²) in [5.74, 6) is -0.903. The topological polar surface area (TPSA) is 33.5 Å². The Morgan fingerprint density at radius 1 is 0.902 bits per heavy atom. The lowest BCUT2D eigenvalue weighted by molar-refractivity contribution is 0.206. The van der Waals surface area contributed by atoms with Crippen LogP contribution in [0.3, 0.4) is 0 Å². The highest BCUT2D eigenvalue weighted by Crippen LogP contribution is 2.41. The molecule has 5 aromatic rings. The van der Waals surface area contributed by atoms with Crippen LogP contribution in [-0.4, -0.2) is 27.1 Å². The van der Waals surface area contributed by atoms with Crippen molar-refractivity contribution >= 4 is 34.3 Å². The van der Waals surface area contributed by atoms with Crippen LogP contribution in [0.5, 0.6) is 5.75 Å². The summed E-state index contributed by atoms with van der Waals surface area (Å²) in [4.78, 5) is 4.90. The molecule has 0 amide bonds. The van der Waals surface area contributed by atoms with Crippen molar-refractivity contribution in [2.24, 2.45) is 0 Å². The van der Waals surface area contributed by atoms with E-state index >= 15 is 4.39 Å². The monoisotopic (exact) mass is 574 g/mol. The maximum Gasteiger partial charge on any atom is 0.226 e. The molecular weight excluding hydrogens is 549 g/mol. The van der Waals surface area contributed by atoms with Crippen molar-refractivity contribution in [3.05, 3.63) is 106 Å². The van der Waals surface area contributed by atoms with Crippen molar-refractivity contribution in [1.82, 2.24) is 14.6 Å². The van der Waals surface area contributed by atoms with E-state index in [9.17, 15) is 8.78 Å². The highest BCUT2D eigenvalue weighted by Gasteiger charge is 2.39. The number of hydrogen-bond donors (Lipinski definition) is 0. The van der Waals surface area contributed by atoms with Gasteiger partial charge in [0.1, 0.15) is 18.2 Å². The number of hydrogen-bond acceptors (Lipinski definition) is 4. The van der Waals surface area contributed by atoms with E-state index in [1.807, 2.05) is 23.2 Å². The SMILES string of the molecule is Cc1ccc2nc3n(c2c1)CC1CCCN1N3c1ccc(-c2ccc(F)c(OCc3ccc(Cl)cc3F)c2)cc1F. The van der Waals surface area contributed by atoms with Crippen LogP contribution in [0.2, 0.25) is 5.02 Å². The Bertz CT molecular complexity index is 1810. The van der Waals surface area contributed by atoms with Gasteiger partial charge in [0.2, 0.25) is 5.95 Å². The minimum Gasteiger partial charge on any atom is -0.486 e. The first-order valence-corrected chi connectivity index (χ1v) is 13.9. The van der Waals surface area contributed by atoms with E-state index in [-0.39, 0.29) is 29.0 Å². The predicted molar refractivity (Wildman–Crippen MR) is 154 cm³/mol. The molecular formula is C32H26ClF3N4O. The lowest BCUT2D eigenvalue weighted by Crippen LogP contribution is -2.49. The van der Waals surface area contributed by atoms with Crippen molar-refractivity contribution in [2.75, 3.05) is 11.6 Å². The van der Waals surface area contributed by atoms with Gasteiger partial charge in [-0.25, -0.2) is 28.2 Å². The molecule has 1 aromatic heterocycles. The van der Waals surface area contributed by atoms with Gasteiger partial charge in [-0.3, -0.25) is 0 Å². The zero-order chi connectivity index (χ0) is 28.2. The third-order valence-corrected chi connectivity index (χ3v) is 8.14. The van der Waals surface area contributed by atoms with Gasteiger partial charge < -0.3 is 9.30 Å². The molecule has 0 saturated carbocycles. The van der Waals surface area contributed by atoms with Crippen molar-refractivity contribution in [2.45, 2.75) is 39.0 Å². The number of aromatic nitrogens is 2. The van der Waals surface area contributed by atoms with Crippen LogP contribution in [0.25, 0.3) is 22.2 Å². The van der Waals surface area contributed by atoms with Crippen molar-refractivity contribution < 1.29 is 17.9 Å². The number of halogens is 4. The molecule has 0 N–H and O–H groups in total. The highest BCUT2D eigenvalue weighted by atomic mass is 35.5. The fourth-order valence-corrected chi connectivity index (χ4v) is 6.01. The molecule has 0 aliphatic carbocycles. The second-order valence-corrected chi connectivity index (χ2v) is 11.1. The fourth-order valence-electron chi connectivity index (χ4n) is 5.85. The van der Waals surface area contributed by atoms with Crippen LogP contribution in [-0.2, 0) is 13.2 Å². The minimum atomic E-state index is -0.595. The number of anilines is 2. The van der Waals surface area contributed by atoms with Gasteiger partial charge in [0.05, 0.1) is 16.7 Å². The zero-order valence-electron chi connectivity index (χ0n) is 22.3. The lowest BCUT2D eigenvalue weighted by Gasteiger charge is -2.41. The summed E-state index contributed by atoms with van der Waals surface area (Å²) in [6.45, 7) is 3.51. The van der Waals surface area contributed by atoms with E-state index in [2.05, 4.69) is 22.6 Å². The average molecular weight is 575 g/mol. The molecule has 7 rings (SSSR count). The first kappa shape index (κ1) is 25.9. The van der Waals surface area contributed by atoms with Crippen molar-refractivity contribution in [1.29, 1.82) is 0 Å². The van der Waals surface area contributed by atoms with Gasteiger partial charge in [-0.2, -0.15) is 0 Å². The summed E-state index contributed by atoms with van der Waals surface area (Å²) < 4.78 is 52.5. The summed E-state index contributed by atoms with van der Waals surface area (Å²) in [7, 11) is 0. The molecule has 4 aromatic carbocycles. The van der Waals surface area contributed by atoms with Crippen LogP contribution in [0, 0.1) is 24.4 Å². The zero-order valence-corrected chi connectivity index (χ0v) is 23.0.